The Balaban J connectivity index is 1.60. The van der Waals surface area contributed by atoms with E-state index in [-0.39, 0.29) is 0 Å². The zero-order valence-corrected chi connectivity index (χ0v) is 12.1. The summed E-state index contributed by atoms with van der Waals surface area (Å²) in [6.45, 7) is 0. The molecule has 20 heavy (non-hydrogen) atoms. The lowest BCUT2D eigenvalue weighted by Crippen LogP contribution is -2.33. The molecule has 2 aromatic carbocycles. The number of para-hydroxylation sites is 2. The Morgan fingerprint density at radius 1 is 1.00 bits per heavy atom. The molecule has 1 aromatic heterocycles. The third kappa shape index (κ3) is 3.04. The monoisotopic (exact) mass is 300 g/mol. The lowest BCUT2D eigenvalue weighted by Gasteiger charge is -2.10. The van der Waals surface area contributed by atoms with Crippen LogP contribution >= 0.6 is 23.6 Å². The van der Waals surface area contributed by atoms with E-state index in [4.69, 9.17) is 12.2 Å². The molecule has 0 aliphatic carbocycles. The van der Waals surface area contributed by atoms with Gasteiger partial charge in [-0.3, -0.25) is 10.9 Å². The topological polar surface area (TPSA) is 49.0 Å². The van der Waals surface area contributed by atoms with Gasteiger partial charge in [-0.05, 0) is 36.5 Å². The van der Waals surface area contributed by atoms with Crippen molar-refractivity contribution in [3.8, 4) is 0 Å². The second kappa shape index (κ2) is 5.85. The van der Waals surface area contributed by atoms with Crippen molar-refractivity contribution < 1.29 is 0 Å². The Hall–Kier alpha value is -2.18. The van der Waals surface area contributed by atoms with E-state index in [2.05, 4.69) is 21.2 Å². The summed E-state index contributed by atoms with van der Waals surface area (Å²) in [5, 5.41) is 4.36. The van der Waals surface area contributed by atoms with Gasteiger partial charge in [-0.2, -0.15) is 0 Å². The van der Waals surface area contributed by atoms with Crippen molar-refractivity contribution in [3.05, 3.63) is 54.6 Å². The van der Waals surface area contributed by atoms with Crippen LogP contribution in [0.5, 0.6) is 0 Å². The summed E-state index contributed by atoms with van der Waals surface area (Å²) in [4.78, 5) is 4.45. The Labute approximate surface area is 125 Å². The van der Waals surface area contributed by atoms with Crippen LogP contribution in [-0.2, 0) is 0 Å². The van der Waals surface area contributed by atoms with E-state index in [1.54, 1.807) is 11.3 Å². The third-order valence-electron chi connectivity index (χ3n) is 2.61. The van der Waals surface area contributed by atoms with E-state index in [0.29, 0.717) is 5.11 Å². The van der Waals surface area contributed by atoms with Crippen molar-refractivity contribution in [2.45, 2.75) is 0 Å². The highest BCUT2D eigenvalue weighted by Crippen LogP contribution is 2.24. The van der Waals surface area contributed by atoms with Crippen LogP contribution in [-0.4, -0.2) is 10.1 Å². The van der Waals surface area contributed by atoms with E-state index >= 15 is 0 Å². The predicted molar refractivity (Wildman–Crippen MR) is 89.0 cm³/mol. The fourth-order valence-electron chi connectivity index (χ4n) is 1.72. The predicted octanol–water partition coefficient (Wildman–Crippen LogP) is 3.61. The molecule has 3 aromatic rings. The van der Waals surface area contributed by atoms with Crippen LogP contribution < -0.4 is 16.2 Å². The molecule has 0 amide bonds. The Kier molecular flexibility index (Phi) is 3.76. The van der Waals surface area contributed by atoms with Crippen LogP contribution in [0.15, 0.2) is 54.6 Å². The lowest BCUT2D eigenvalue weighted by atomic mass is 10.3. The highest BCUT2D eigenvalue weighted by molar-refractivity contribution is 7.80. The number of thiazole rings is 1. The molecule has 0 radical (unpaired) electrons. The fourth-order valence-corrected chi connectivity index (χ4v) is 2.71. The molecule has 0 fully saturated rings. The molecule has 0 unspecified atom stereocenters. The van der Waals surface area contributed by atoms with E-state index < -0.39 is 0 Å². The van der Waals surface area contributed by atoms with Crippen molar-refractivity contribution in [1.82, 2.24) is 10.4 Å². The molecule has 6 heteroatoms. The SMILES string of the molecule is S=C(NNc1nc2ccccc2s1)Nc1ccccc1. The average molecular weight is 300 g/mol. The number of nitrogens with zero attached hydrogens (tertiary/aromatic N) is 1. The zero-order chi connectivity index (χ0) is 13.8. The van der Waals surface area contributed by atoms with Crippen LogP contribution in [0.1, 0.15) is 0 Å². The number of anilines is 2. The van der Waals surface area contributed by atoms with Gasteiger partial charge in [0.15, 0.2) is 5.11 Å². The van der Waals surface area contributed by atoms with Crippen LogP contribution in [0.2, 0.25) is 0 Å². The summed E-state index contributed by atoms with van der Waals surface area (Å²) >= 11 is 6.78. The molecule has 4 nitrogen and oxygen atoms in total. The Morgan fingerprint density at radius 2 is 1.75 bits per heavy atom. The molecule has 0 spiro atoms. The second-order valence-corrected chi connectivity index (χ2v) is 5.50. The molecule has 0 saturated carbocycles. The molecule has 0 atom stereocenters. The molecule has 100 valence electrons. The summed E-state index contributed by atoms with van der Waals surface area (Å²) < 4.78 is 1.14. The number of hydrazine groups is 1. The Bertz CT molecular complexity index is 691. The largest absolute Gasteiger partial charge is 0.331 e. The van der Waals surface area contributed by atoms with Crippen molar-refractivity contribution in [1.29, 1.82) is 0 Å². The number of thiocarbonyl (C=S) groups is 1. The van der Waals surface area contributed by atoms with Crippen LogP contribution in [0.4, 0.5) is 10.8 Å². The molecule has 3 rings (SSSR count). The summed E-state index contributed by atoms with van der Waals surface area (Å²) in [6, 6.07) is 17.8. The first-order valence-electron chi connectivity index (χ1n) is 6.05. The molecule has 1 heterocycles. The molecule has 0 saturated heterocycles. The average Bonchev–Trinajstić information content (AvgIpc) is 2.89. The van der Waals surface area contributed by atoms with Crippen LogP contribution in [0.3, 0.4) is 0 Å². The minimum Gasteiger partial charge on any atom is -0.331 e. The first-order valence-corrected chi connectivity index (χ1v) is 7.27. The zero-order valence-electron chi connectivity index (χ0n) is 10.5. The van der Waals surface area contributed by atoms with E-state index in [9.17, 15) is 0 Å². The van der Waals surface area contributed by atoms with E-state index in [1.807, 2.05) is 54.6 Å². The second-order valence-electron chi connectivity index (χ2n) is 4.06. The van der Waals surface area contributed by atoms with Crippen molar-refractivity contribution in [2.75, 3.05) is 10.7 Å². The maximum Gasteiger partial charge on any atom is 0.202 e. The van der Waals surface area contributed by atoms with Crippen LogP contribution in [0.25, 0.3) is 10.2 Å². The lowest BCUT2D eigenvalue weighted by molar-refractivity contribution is 1.13. The van der Waals surface area contributed by atoms with Crippen LogP contribution in [0, 0.1) is 0 Å². The van der Waals surface area contributed by atoms with Crippen molar-refractivity contribution >= 4 is 49.7 Å². The number of benzene rings is 2. The van der Waals surface area contributed by atoms with Gasteiger partial charge in [-0.15, -0.1) is 0 Å². The summed E-state index contributed by atoms with van der Waals surface area (Å²) in [7, 11) is 0. The van der Waals surface area contributed by atoms with Gasteiger partial charge in [0.25, 0.3) is 0 Å². The maximum absolute atomic E-state index is 5.21. The highest BCUT2D eigenvalue weighted by atomic mass is 32.1. The van der Waals surface area contributed by atoms with Gasteiger partial charge in [0.2, 0.25) is 5.13 Å². The molecule has 0 bridgehead atoms. The quantitative estimate of drug-likeness (QED) is 0.509. The van der Waals surface area contributed by atoms with Gasteiger partial charge >= 0.3 is 0 Å². The summed E-state index contributed by atoms with van der Waals surface area (Å²) in [6.07, 6.45) is 0. The summed E-state index contributed by atoms with van der Waals surface area (Å²) in [5.74, 6) is 0. The molecule has 0 aliphatic rings. The molecule has 3 N–H and O–H groups in total. The standard InChI is InChI=1S/C14H12N4S2/c19-13(15-10-6-2-1-3-7-10)17-18-14-16-11-8-4-5-9-12(11)20-14/h1-9H,(H,16,18)(H2,15,17,19). The van der Waals surface area contributed by atoms with Gasteiger partial charge in [0, 0.05) is 5.69 Å². The first kappa shape index (κ1) is 12.8. The van der Waals surface area contributed by atoms with Gasteiger partial charge in [0.1, 0.15) is 0 Å². The van der Waals surface area contributed by atoms with Gasteiger partial charge in [-0.1, -0.05) is 41.7 Å². The Morgan fingerprint density at radius 3 is 2.55 bits per heavy atom. The third-order valence-corrected chi connectivity index (χ3v) is 3.76. The molecular formula is C14H12N4S2. The highest BCUT2D eigenvalue weighted by Gasteiger charge is 2.02. The first-order chi connectivity index (χ1) is 9.81. The number of fused-ring (bicyclic) bond motifs is 1. The number of hydrogen-bond acceptors (Lipinski definition) is 4. The summed E-state index contributed by atoms with van der Waals surface area (Å²) in [5.41, 5.74) is 7.85. The molecular weight excluding hydrogens is 288 g/mol. The van der Waals surface area contributed by atoms with Crippen molar-refractivity contribution in [2.24, 2.45) is 0 Å². The van der Waals surface area contributed by atoms with Crippen molar-refractivity contribution in [3.63, 3.8) is 0 Å². The van der Waals surface area contributed by atoms with Gasteiger partial charge < -0.3 is 5.32 Å². The number of hydrogen-bond donors (Lipinski definition) is 3. The van der Waals surface area contributed by atoms with E-state index in [1.165, 1.54) is 0 Å². The number of aromatic nitrogens is 1. The smallest absolute Gasteiger partial charge is 0.202 e. The maximum atomic E-state index is 5.21. The van der Waals surface area contributed by atoms with E-state index in [0.717, 1.165) is 21.0 Å². The molecule has 0 aliphatic heterocycles. The fraction of sp³-hybridized carbons (Fsp3) is 0. The number of rotatable bonds is 3. The minimum atomic E-state index is 0.496. The van der Waals surface area contributed by atoms with Gasteiger partial charge in [0.05, 0.1) is 10.2 Å². The number of nitrogens with one attached hydrogen (secondary N) is 3. The van der Waals surface area contributed by atoms with Gasteiger partial charge in [-0.25, -0.2) is 4.98 Å². The minimum absolute atomic E-state index is 0.496. The normalized spacial score (nSPS) is 10.2.